The molecule has 0 saturated carbocycles. The van der Waals surface area contributed by atoms with E-state index in [0.717, 1.165) is 16.9 Å². The maximum absolute atomic E-state index is 12.2. The molecule has 2 rings (SSSR count). The number of hydrogen-bond acceptors (Lipinski definition) is 3. The Bertz CT molecular complexity index is 746. The molecule has 2 aromatic carbocycles. The zero-order valence-corrected chi connectivity index (χ0v) is 16.5. The molecule has 0 spiro atoms. The van der Waals surface area contributed by atoms with Gasteiger partial charge in [-0.05, 0) is 55.2 Å². The first-order valence-electron chi connectivity index (χ1n) is 8.80. The van der Waals surface area contributed by atoms with Crippen molar-refractivity contribution in [2.75, 3.05) is 13.2 Å². The number of aryl methyl sites for hydroxylation is 1. The Balaban J connectivity index is 1.78. The molecule has 0 radical (unpaired) electrons. The molecule has 0 aliphatic rings. The van der Waals surface area contributed by atoms with Crippen LogP contribution in [-0.2, 0) is 4.79 Å². The standard InChI is InChI=1S/C21H26ClNO3/c1-14(2)18-7-5-6-8-20(18)25-12-11-23-21(24)16(4)26-17-9-10-19(22)15(3)13-17/h5-10,13-14,16H,11-12H2,1-4H3,(H,23,24)/t16-/m1/s1. The highest BCUT2D eigenvalue weighted by Crippen LogP contribution is 2.25. The summed E-state index contributed by atoms with van der Waals surface area (Å²) in [6.45, 7) is 8.68. The Hall–Kier alpha value is -2.20. The number of nitrogens with one attached hydrogen (secondary N) is 1. The second kappa shape index (κ2) is 9.48. The first kappa shape index (κ1) is 20.1. The number of halogens is 1. The third kappa shape index (κ3) is 5.67. The van der Waals surface area contributed by atoms with Crippen molar-refractivity contribution in [1.29, 1.82) is 0 Å². The van der Waals surface area contributed by atoms with E-state index in [4.69, 9.17) is 21.1 Å². The quantitative estimate of drug-likeness (QED) is 0.678. The highest BCUT2D eigenvalue weighted by Gasteiger charge is 2.14. The maximum atomic E-state index is 12.2. The summed E-state index contributed by atoms with van der Waals surface area (Å²) in [5.74, 6) is 1.68. The predicted molar refractivity (Wildman–Crippen MR) is 105 cm³/mol. The van der Waals surface area contributed by atoms with Gasteiger partial charge in [0.1, 0.15) is 18.1 Å². The molecule has 4 nitrogen and oxygen atoms in total. The van der Waals surface area contributed by atoms with Crippen LogP contribution in [0.3, 0.4) is 0 Å². The molecular weight excluding hydrogens is 350 g/mol. The lowest BCUT2D eigenvalue weighted by Crippen LogP contribution is -2.38. The van der Waals surface area contributed by atoms with Crippen LogP contribution in [0.4, 0.5) is 0 Å². The van der Waals surface area contributed by atoms with Gasteiger partial charge >= 0.3 is 0 Å². The van der Waals surface area contributed by atoms with Crippen molar-refractivity contribution in [3.05, 3.63) is 58.6 Å². The topological polar surface area (TPSA) is 47.6 Å². The van der Waals surface area contributed by atoms with Gasteiger partial charge in [-0.1, -0.05) is 43.6 Å². The summed E-state index contributed by atoms with van der Waals surface area (Å²) in [5.41, 5.74) is 2.07. The van der Waals surface area contributed by atoms with Crippen LogP contribution in [0.15, 0.2) is 42.5 Å². The Morgan fingerprint density at radius 3 is 2.58 bits per heavy atom. The van der Waals surface area contributed by atoms with Crippen molar-refractivity contribution >= 4 is 17.5 Å². The number of hydrogen-bond donors (Lipinski definition) is 1. The molecule has 1 atom stereocenters. The number of benzene rings is 2. The minimum absolute atomic E-state index is 0.182. The monoisotopic (exact) mass is 375 g/mol. The van der Waals surface area contributed by atoms with Gasteiger partial charge in [0.2, 0.25) is 0 Å². The van der Waals surface area contributed by atoms with Crippen molar-refractivity contribution in [2.45, 2.75) is 39.7 Å². The van der Waals surface area contributed by atoms with Crippen LogP contribution in [0.2, 0.25) is 5.02 Å². The van der Waals surface area contributed by atoms with E-state index in [1.165, 1.54) is 0 Å². The summed E-state index contributed by atoms with van der Waals surface area (Å²) in [5, 5.41) is 3.51. The van der Waals surface area contributed by atoms with Gasteiger partial charge in [-0.15, -0.1) is 0 Å². The first-order valence-corrected chi connectivity index (χ1v) is 9.18. The van der Waals surface area contributed by atoms with E-state index >= 15 is 0 Å². The highest BCUT2D eigenvalue weighted by atomic mass is 35.5. The number of amides is 1. The molecule has 1 amide bonds. The lowest BCUT2D eigenvalue weighted by molar-refractivity contribution is -0.127. The molecule has 0 unspecified atom stereocenters. The van der Waals surface area contributed by atoms with E-state index in [1.54, 1.807) is 19.1 Å². The van der Waals surface area contributed by atoms with Gasteiger partial charge in [0.25, 0.3) is 5.91 Å². The van der Waals surface area contributed by atoms with Crippen molar-refractivity contribution in [3.63, 3.8) is 0 Å². The normalized spacial score (nSPS) is 11.9. The highest BCUT2D eigenvalue weighted by molar-refractivity contribution is 6.31. The van der Waals surface area contributed by atoms with Crippen LogP contribution in [0.25, 0.3) is 0 Å². The predicted octanol–water partition coefficient (Wildman–Crippen LogP) is 4.73. The lowest BCUT2D eigenvalue weighted by atomic mass is 10.0. The van der Waals surface area contributed by atoms with Gasteiger partial charge in [0, 0.05) is 5.02 Å². The van der Waals surface area contributed by atoms with Crippen molar-refractivity contribution in [2.24, 2.45) is 0 Å². The van der Waals surface area contributed by atoms with Gasteiger partial charge in [-0.3, -0.25) is 4.79 Å². The molecule has 5 heteroatoms. The zero-order chi connectivity index (χ0) is 19.1. The summed E-state index contributed by atoms with van der Waals surface area (Å²) in [7, 11) is 0. The van der Waals surface area contributed by atoms with E-state index in [-0.39, 0.29) is 5.91 Å². The molecule has 0 aromatic heterocycles. The summed E-state index contributed by atoms with van der Waals surface area (Å²) in [6, 6.07) is 13.3. The second-order valence-corrected chi connectivity index (χ2v) is 6.91. The van der Waals surface area contributed by atoms with Gasteiger partial charge in [-0.25, -0.2) is 0 Å². The third-order valence-electron chi connectivity index (χ3n) is 4.01. The molecule has 0 bridgehead atoms. The third-order valence-corrected chi connectivity index (χ3v) is 4.44. The van der Waals surface area contributed by atoms with Crippen molar-refractivity contribution in [1.82, 2.24) is 5.32 Å². The van der Waals surface area contributed by atoms with Crippen LogP contribution in [-0.4, -0.2) is 25.2 Å². The number of carbonyl (C=O) groups excluding carboxylic acids is 1. The van der Waals surface area contributed by atoms with Gasteiger partial charge in [0.15, 0.2) is 6.10 Å². The van der Waals surface area contributed by atoms with E-state index in [9.17, 15) is 4.79 Å². The molecule has 140 valence electrons. The maximum Gasteiger partial charge on any atom is 0.260 e. The fraction of sp³-hybridized carbons (Fsp3) is 0.381. The Morgan fingerprint density at radius 1 is 1.15 bits per heavy atom. The van der Waals surface area contributed by atoms with Gasteiger partial charge < -0.3 is 14.8 Å². The second-order valence-electron chi connectivity index (χ2n) is 6.50. The minimum atomic E-state index is -0.599. The average molecular weight is 376 g/mol. The van der Waals surface area contributed by atoms with E-state index in [0.29, 0.717) is 29.8 Å². The molecule has 0 aliphatic heterocycles. The SMILES string of the molecule is Cc1cc(O[C@H](C)C(=O)NCCOc2ccccc2C(C)C)ccc1Cl. The molecule has 0 fully saturated rings. The van der Waals surface area contributed by atoms with E-state index in [1.807, 2.05) is 31.2 Å². The number of para-hydroxylation sites is 1. The van der Waals surface area contributed by atoms with E-state index < -0.39 is 6.10 Å². The number of carbonyl (C=O) groups is 1. The molecular formula is C21H26ClNO3. The smallest absolute Gasteiger partial charge is 0.260 e. The first-order chi connectivity index (χ1) is 12.4. The number of rotatable bonds is 8. The lowest BCUT2D eigenvalue weighted by Gasteiger charge is -2.16. The number of ether oxygens (including phenoxy) is 2. The van der Waals surface area contributed by atoms with Crippen LogP contribution in [0.1, 0.15) is 37.8 Å². The fourth-order valence-corrected chi connectivity index (χ4v) is 2.63. The zero-order valence-electron chi connectivity index (χ0n) is 15.7. The summed E-state index contributed by atoms with van der Waals surface area (Å²) >= 11 is 6.00. The molecule has 0 aliphatic carbocycles. The fourth-order valence-electron chi connectivity index (χ4n) is 2.52. The summed E-state index contributed by atoms with van der Waals surface area (Å²) in [4.78, 5) is 12.2. The molecule has 26 heavy (non-hydrogen) atoms. The van der Waals surface area contributed by atoms with Gasteiger partial charge in [0.05, 0.1) is 6.54 Å². The Morgan fingerprint density at radius 2 is 1.88 bits per heavy atom. The largest absolute Gasteiger partial charge is 0.491 e. The van der Waals surface area contributed by atoms with Crippen molar-refractivity contribution < 1.29 is 14.3 Å². The Kier molecular flexibility index (Phi) is 7.34. The van der Waals surface area contributed by atoms with Crippen LogP contribution < -0.4 is 14.8 Å². The molecule has 0 heterocycles. The van der Waals surface area contributed by atoms with Crippen LogP contribution in [0.5, 0.6) is 11.5 Å². The van der Waals surface area contributed by atoms with Crippen molar-refractivity contribution in [3.8, 4) is 11.5 Å². The van der Waals surface area contributed by atoms with Crippen LogP contribution in [0, 0.1) is 6.92 Å². The molecule has 0 saturated heterocycles. The summed E-state index contributed by atoms with van der Waals surface area (Å²) in [6.07, 6.45) is -0.599. The Labute approximate surface area is 160 Å². The summed E-state index contributed by atoms with van der Waals surface area (Å²) < 4.78 is 11.5. The molecule has 1 N–H and O–H groups in total. The van der Waals surface area contributed by atoms with Crippen LogP contribution >= 0.6 is 11.6 Å². The average Bonchev–Trinajstić information content (AvgIpc) is 2.61. The van der Waals surface area contributed by atoms with E-state index in [2.05, 4.69) is 25.2 Å². The minimum Gasteiger partial charge on any atom is -0.491 e. The molecule has 2 aromatic rings. The van der Waals surface area contributed by atoms with Gasteiger partial charge in [-0.2, -0.15) is 0 Å².